The van der Waals surface area contributed by atoms with E-state index in [0.29, 0.717) is 51.4 Å². The maximum atomic E-state index is 13.2. The number of ether oxygens (including phenoxy) is 1. The van der Waals surface area contributed by atoms with Crippen LogP contribution < -0.4 is 0 Å². The van der Waals surface area contributed by atoms with E-state index in [1.807, 2.05) is 51.9 Å². The SMILES string of the molecule is CC(C)CN1CCOC2(CCN(C(=O)c3cn(C)c4ccccc34)CC2)CC1=O. The van der Waals surface area contributed by atoms with Crippen LogP contribution in [0.25, 0.3) is 10.9 Å². The molecule has 0 aliphatic carbocycles. The highest BCUT2D eigenvalue weighted by atomic mass is 16.5. The molecule has 0 radical (unpaired) electrons. The Morgan fingerprint density at radius 1 is 1.17 bits per heavy atom. The maximum absolute atomic E-state index is 13.2. The Bertz CT molecular complexity index is 909. The van der Waals surface area contributed by atoms with E-state index < -0.39 is 5.60 Å². The number of carbonyl (C=O) groups excluding carboxylic acids is 2. The van der Waals surface area contributed by atoms with Crippen molar-refractivity contribution in [2.24, 2.45) is 13.0 Å². The van der Waals surface area contributed by atoms with Crippen LogP contribution in [-0.4, -0.2) is 64.6 Å². The number of fused-ring (bicyclic) bond motifs is 1. The van der Waals surface area contributed by atoms with Gasteiger partial charge in [0.1, 0.15) is 0 Å². The Labute approximate surface area is 172 Å². The second-order valence-corrected chi connectivity index (χ2v) is 8.90. The van der Waals surface area contributed by atoms with Crippen molar-refractivity contribution in [1.29, 1.82) is 0 Å². The average molecular weight is 398 g/mol. The molecule has 6 heteroatoms. The van der Waals surface area contributed by atoms with E-state index >= 15 is 0 Å². The van der Waals surface area contributed by atoms with E-state index in [0.717, 1.165) is 23.0 Å². The molecule has 0 N–H and O–H groups in total. The molecule has 2 aromatic rings. The average Bonchev–Trinajstić information content (AvgIpc) is 2.96. The fourth-order valence-electron chi connectivity index (χ4n) is 4.69. The zero-order valence-corrected chi connectivity index (χ0v) is 17.7. The molecule has 156 valence electrons. The van der Waals surface area contributed by atoms with Crippen LogP contribution in [0.4, 0.5) is 0 Å². The molecular weight excluding hydrogens is 366 g/mol. The number of para-hydroxylation sites is 1. The monoisotopic (exact) mass is 397 g/mol. The summed E-state index contributed by atoms with van der Waals surface area (Å²) in [4.78, 5) is 29.8. The van der Waals surface area contributed by atoms with E-state index in [1.54, 1.807) is 0 Å². The van der Waals surface area contributed by atoms with Crippen molar-refractivity contribution in [2.75, 3.05) is 32.8 Å². The molecule has 2 amide bonds. The van der Waals surface area contributed by atoms with E-state index in [9.17, 15) is 9.59 Å². The highest BCUT2D eigenvalue weighted by Gasteiger charge is 2.41. The summed E-state index contributed by atoms with van der Waals surface area (Å²) in [5.74, 6) is 0.705. The fourth-order valence-corrected chi connectivity index (χ4v) is 4.69. The third-order valence-electron chi connectivity index (χ3n) is 6.27. The predicted molar refractivity (Wildman–Crippen MR) is 113 cm³/mol. The largest absolute Gasteiger partial charge is 0.372 e. The number of benzene rings is 1. The summed E-state index contributed by atoms with van der Waals surface area (Å²) in [6, 6.07) is 8.00. The summed E-state index contributed by atoms with van der Waals surface area (Å²) in [5.41, 5.74) is 1.39. The van der Waals surface area contributed by atoms with Gasteiger partial charge in [0.25, 0.3) is 5.91 Å². The van der Waals surface area contributed by atoms with Gasteiger partial charge >= 0.3 is 0 Å². The third-order valence-corrected chi connectivity index (χ3v) is 6.27. The summed E-state index contributed by atoms with van der Waals surface area (Å²) in [7, 11) is 1.97. The number of nitrogens with zero attached hydrogens (tertiary/aromatic N) is 3. The topological polar surface area (TPSA) is 54.8 Å². The van der Waals surface area contributed by atoms with Crippen molar-refractivity contribution in [3.8, 4) is 0 Å². The van der Waals surface area contributed by atoms with Gasteiger partial charge in [-0.1, -0.05) is 32.0 Å². The van der Waals surface area contributed by atoms with Crippen molar-refractivity contribution < 1.29 is 14.3 Å². The Balaban J connectivity index is 1.45. The lowest BCUT2D eigenvalue weighted by Crippen LogP contribution is -2.49. The molecule has 0 bridgehead atoms. The lowest BCUT2D eigenvalue weighted by molar-refractivity contribution is -0.135. The zero-order valence-electron chi connectivity index (χ0n) is 17.7. The molecule has 1 aromatic heterocycles. The van der Waals surface area contributed by atoms with Gasteiger partial charge in [0.15, 0.2) is 0 Å². The molecule has 2 aliphatic rings. The fraction of sp³-hybridized carbons (Fsp3) is 0.565. The molecule has 0 atom stereocenters. The van der Waals surface area contributed by atoms with Crippen LogP contribution >= 0.6 is 0 Å². The first-order valence-electron chi connectivity index (χ1n) is 10.6. The summed E-state index contributed by atoms with van der Waals surface area (Å²) in [6.45, 7) is 7.54. The van der Waals surface area contributed by atoms with Crippen molar-refractivity contribution in [2.45, 2.75) is 38.7 Å². The van der Waals surface area contributed by atoms with Crippen LogP contribution in [0.3, 0.4) is 0 Å². The van der Waals surface area contributed by atoms with E-state index in [-0.39, 0.29) is 11.8 Å². The van der Waals surface area contributed by atoms with Crippen LogP contribution in [0.2, 0.25) is 0 Å². The molecule has 0 unspecified atom stereocenters. The van der Waals surface area contributed by atoms with Gasteiger partial charge in [-0.3, -0.25) is 9.59 Å². The second kappa shape index (κ2) is 7.82. The maximum Gasteiger partial charge on any atom is 0.256 e. The Morgan fingerprint density at radius 3 is 2.62 bits per heavy atom. The third kappa shape index (κ3) is 3.90. The highest BCUT2D eigenvalue weighted by Crippen LogP contribution is 2.33. The van der Waals surface area contributed by atoms with Crippen molar-refractivity contribution >= 4 is 22.7 Å². The standard InChI is InChI=1S/C23H31N3O3/c1-17(2)15-26-12-13-29-23(14-21(26)27)8-10-25(11-9-23)22(28)19-16-24(3)20-7-5-4-6-18(19)20/h4-7,16-17H,8-15H2,1-3H3. The van der Waals surface area contributed by atoms with Crippen LogP contribution in [0, 0.1) is 5.92 Å². The molecule has 1 aromatic carbocycles. The van der Waals surface area contributed by atoms with Gasteiger partial charge < -0.3 is 19.1 Å². The minimum Gasteiger partial charge on any atom is -0.372 e. The quantitative estimate of drug-likeness (QED) is 0.800. The van der Waals surface area contributed by atoms with Gasteiger partial charge in [-0.15, -0.1) is 0 Å². The second-order valence-electron chi connectivity index (χ2n) is 8.90. The van der Waals surface area contributed by atoms with Crippen LogP contribution in [0.15, 0.2) is 30.5 Å². The number of rotatable bonds is 3. The number of aromatic nitrogens is 1. The van der Waals surface area contributed by atoms with Gasteiger partial charge in [-0.05, 0) is 24.8 Å². The summed E-state index contributed by atoms with van der Waals surface area (Å²) < 4.78 is 8.22. The Hall–Kier alpha value is -2.34. The number of piperidine rings is 1. The zero-order chi connectivity index (χ0) is 20.6. The normalized spacial score (nSPS) is 19.9. The van der Waals surface area contributed by atoms with Gasteiger partial charge in [0.05, 0.1) is 24.2 Å². The number of likely N-dealkylation sites (tertiary alicyclic amines) is 1. The number of hydrogen-bond donors (Lipinski definition) is 0. The number of aryl methyl sites for hydroxylation is 1. The van der Waals surface area contributed by atoms with E-state index in [4.69, 9.17) is 4.74 Å². The van der Waals surface area contributed by atoms with Crippen molar-refractivity contribution in [1.82, 2.24) is 14.4 Å². The minimum atomic E-state index is -0.418. The molecule has 0 saturated carbocycles. The summed E-state index contributed by atoms with van der Waals surface area (Å²) in [5, 5.41) is 0.991. The molecule has 1 spiro atoms. The molecule has 2 fully saturated rings. The van der Waals surface area contributed by atoms with Crippen molar-refractivity contribution in [3.63, 3.8) is 0 Å². The van der Waals surface area contributed by atoms with Crippen LogP contribution in [-0.2, 0) is 16.6 Å². The molecule has 2 aliphatic heterocycles. The lowest BCUT2D eigenvalue weighted by atomic mass is 9.87. The summed E-state index contributed by atoms with van der Waals surface area (Å²) >= 11 is 0. The van der Waals surface area contributed by atoms with E-state index in [1.165, 1.54) is 0 Å². The smallest absolute Gasteiger partial charge is 0.256 e. The minimum absolute atomic E-state index is 0.0676. The molecule has 2 saturated heterocycles. The Morgan fingerprint density at radius 2 is 1.90 bits per heavy atom. The molecule has 29 heavy (non-hydrogen) atoms. The first kappa shape index (κ1) is 20.0. The Kier molecular flexibility index (Phi) is 5.38. The highest BCUT2D eigenvalue weighted by molar-refractivity contribution is 6.07. The molecule has 4 rings (SSSR count). The first-order chi connectivity index (χ1) is 13.9. The summed E-state index contributed by atoms with van der Waals surface area (Å²) in [6.07, 6.45) is 3.78. The predicted octanol–water partition coefficient (Wildman–Crippen LogP) is 3.06. The number of carbonyl (C=O) groups is 2. The van der Waals surface area contributed by atoms with E-state index in [2.05, 4.69) is 13.8 Å². The van der Waals surface area contributed by atoms with Crippen molar-refractivity contribution in [3.05, 3.63) is 36.0 Å². The molecule has 3 heterocycles. The number of amides is 2. The first-order valence-corrected chi connectivity index (χ1v) is 10.6. The lowest BCUT2D eigenvalue weighted by Gasteiger charge is -2.40. The van der Waals surface area contributed by atoms with Gasteiger partial charge in [-0.2, -0.15) is 0 Å². The van der Waals surface area contributed by atoms with Gasteiger partial charge in [0, 0.05) is 50.3 Å². The van der Waals surface area contributed by atoms with Crippen LogP contribution in [0.5, 0.6) is 0 Å². The van der Waals surface area contributed by atoms with Crippen LogP contribution in [0.1, 0.15) is 43.5 Å². The van der Waals surface area contributed by atoms with Gasteiger partial charge in [-0.25, -0.2) is 0 Å². The van der Waals surface area contributed by atoms with Gasteiger partial charge in [0.2, 0.25) is 5.91 Å². The molecule has 6 nitrogen and oxygen atoms in total. The number of hydrogen-bond acceptors (Lipinski definition) is 3. The molecular formula is C23H31N3O3.